The van der Waals surface area contributed by atoms with Crippen LogP contribution in [0, 0.1) is 0 Å². The van der Waals surface area contributed by atoms with Crippen LogP contribution in [0.5, 0.6) is 11.5 Å². The lowest BCUT2D eigenvalue weighted by Gasteiger charge is -2.24. The van der Waals surface area contributed by atoms with Crippen molar-refractivity contribution in [1.82, 2.24) is 10.2 Å². The summed E-state index contributed by atoms with van der Waals surface area (Å²) in [7, 11) is 4.14. The van der Waals surface area contributed by atoms with Gasteiger partial charge in [-0.15, -0.1) is 0 Å². The molecule has 1 aliphatic heterocycles. The number of nitrogens with one attached hydrogen (secondary N) is 1. The molecule has 0 bridgehead atoms. The molecule has 0 unspecified atom stereocenters. The van der Waals surface area contributed by atoms with Gasteiger partial charge in [0.2, 0.25) is 6.79 Å². The Kier molecular flexibility index (Phi) is 5.17. The topological polar surface area (TPSA) is 54.0 Å². The number of ether oxygens (including phenoxy) is 2. The number of fused-ring (bicyclic) bond motifs is 1. The van der Waals surface area contributed by atoms with E-state index in [-0.39, 0.29) is 6.79 Å². The first-order chi connectivity index (χ1) is 11.1. The van der Waals surface area contributed by atoms with Gasteiger partial charge in [-0.2, -0.15) is 11.3 Å². The first-order valence-corrected chi connectivity index (χ1v) is 8.56. The van der Waals surface area contributed by atoms with E-state index in [0.717, 1.165) is 17.9 Å². The van der Waals surface area contributed by atoms with Crippen molar-refractivity contribution in [3.63, 3.8) is 0 Å². The van der Waals surface area contributed by atoms with E-state index < -0.39 is 6.10 Å². The van der Waals surface area contributed by atoms with Gasteiger partial charge in [-0.1, -0.05) is 6.07 Å². The van der Waals surface area contributed by atoms with Gasteiger partial charge >= 0.3 is 0 Å². The smallest absolute Gasteiger partial charge is 0.231 e. The fraction of sp³-hybridized carbons (Fsp3) is 0.412. The zero-order valence-electron chi connectivity index (χ0n) is 13.4. The van der Waals surface area contributed by atoms with Gasteiger partial charge in [0.15, 0.2) is 11.5 Å². The van der Waals surface area contributed by atoms with E-state index >= 15 is 0 Å². The Morgan fingerprint density at radius 1 is 1.17 bits per heavy atom. The minimum absolute atomic E-state index is 0.248. The molecule has 1 aliphatic rings. The molecular formula is C17H22N2O3S. The summed E-state index contributed by atoms with van der Waals surface area (Å²) in [6, 6.07) is 8.00. The van der Waals surface area contributed by atoms with Gasteiger partial charge in [0, 0.05) is 19.1 Å². The quantitative estimate of drug-likeness (QED) is 0.814. The van der Waals surface area contributed by atoms with Crippen LogP contribution in [0.25, 0.3) is 0 Å². The number of rotatable bonds is 7. The molecule has 0 radical (unpaired) electrons. The average Bonchev–Trinajstić information content (AvgIpc) is 3.21. The van der Waals surface area contributed by atoms with Crippen molar-refractivity contribution in [2.24, 2.45) is 0 Å². The van der Waals surface area contributed by atoms with Gasteiger partial charge in [0.05, 0.1) is 6.10 Å². The highest BCUT2D eigenvalue weighted by molar-refractivity contribution is 7.07. The number of benzene rings is 1. The highest BCUT2D eigenvalue weighted by Crippen LogP contribution is 2.34. The molecule has 1 aromatic carbocycles. The normalized spacial score (nSPS) is 15.8. The van der Waals surface area contributed by atoms with Crippen molar-refractivity contribution in [2.45, 2.75) is 12.1 Å². The van der Waals surface area contributed by atoms with Gasteiger partial charge in [-0.05, 0) is 54.2 Å². The van der Waals surface area contributed by atoms with E-state index in [0.29, 0.717) is 18.3 Å². The van der Waals surface area contributed by atoms with Crippen molar-refractivity contribution < 1.29 is 14.6 Å². The Morgan fingerprint density at radius 3 is 2.74 bits per heavy atom. The summed E-state index contributed by atoms with van der Waals surface area (Å²) >= 11 is 1.70. The van der Waals surface area contributed by atoms with Gasteiger partial charge in [0.1, 0.15) is 0 Å². The summed E-state index contributed by atoms with van der Waals surface area (Å²) in [4.78, 5) is 2.18. The standard InChI is InChI=1S/C17H22N2O3S/c1-19(2)14(13-5-6-23-10-13)8-18-9-15(20)12-3-4-16-17(7-12)22-11-21-16/h3-7,10,14-15,18,20H,8-9,11H2,1-2H3/t14-,15-/m0/s1. The largest absolute Gasteiger partial charge is 0.454 e. The van der Waals surface area contributed by atoms with Gasteiger partial charge in [-0.3, -0.25) is 0 Å². The molecule has 2 aromatic rings. The van der Waals surface area contributed by atoms with Crippen LogP contribution < -0.4 is 14.8 Å². The Morgan fingerprint density at radius 2 is 2.00 bits per heavy atom. The van der Waals surface area contributed by atoms with Crippen LogP contribution in [0.2, 0.25) is 0 Å². The number of aliphatic hydroxyl groups is 1. The van der Waals surface area contributed by atoms with Crippen molar-refractivity contribution in [2.75, 3.05) is 34.0 Å². The zero-order chi connectivity index (χ0) is 16.2. The minimum Gasteiger partial charge on any atom is -0.454 e. The summed E-state index contributed by atoms with van der Waals surface area (Å²) in [6.07, 6.45) is -0.574. The maximum atomic E-state index is 10.4. The molecule has 23 heavy (non-hydrogen) atoms. The number of hydrogen-bond donors (Lipinski definition) is 2. The van der Waals surface area contributed by atoms with Crippen molar-refractivity contribution in [1.29, 1.82) is 0 Å². The first-order valence-electron chi connectivity index (χ1n) is 7.62. The summed E-state index contributed by atoms with van der Waals surface area (Å²) < 4.78 is 10.6. The van der Waals surface area contributed by atoms with Crippen LogP contribution in [0.15, 0.2) is 35.0 Å². The second-order valence-corrected chi connectivity index (χ2v) is 6.60. The lowest BCUT2D eigenvalue weighted by Crippen LogP contribution is -2.33. The molecule has 0 aliphatic carbocycles. The van der Waals surface area contributed by atoms with Crippen LogP contribution >= 0.6 is 11.3 Å². The third-order valence-electron chi connectivity index (χ3n) is 4.01. The lowest BCUT2D eigenvalue weighted by molar-refractivity contribution is 0.167. The molecule has 0 spiro atoms. The van der Waals surface area contributed by atoms with E-state index in [2.05, 4.69) is 41.1 Å². The average molecular weight is 334 g/mol. The molecule has 2 heterocycles. The van der Waals surface area contributed by atoms with E-state index in [9.17, 15) is 5.11 Å². The molecule has 5 nitrogen and oxygen atoms in total. The molecule has 0 amide bonds. The van der Waals surface area contributed by atoms with Crippen molar-refractivity contribution in [3.8, 4) is 11.5 Å². The number of thiophene rings is 1. The number of likely N-dealkylation sites (N-methyl/N-ethyl adjacent to an activating group) is 1. The molecule has 2 atom stereocenters. The third-order valence-corrected chi connectivity index (χ3v) is 4.71. The maximum Gasteiger partial charge on any atom is 0.231 e. The fourth-order valence-corrected chi connectivity index (χ4v) is 3.37. The van der Waals surface area contributed by atoms with Crippen LogP contribution in [0.1, 0.15) is 23.3 Å². The van der Waals surface area contributed by atoms with Gasteiger partial charge < -0.3 is 24.8 Å². The molecule has 3 rings (SSSR count). The predicted octanol–water partition coefficient (Wildman–Crippen LogP) is 2.40. The zero-order valence-corrected chi connectivity index (χ0v) is 14.2. The Hall–Kier alpha value is -1.60. The highest BCUT2D eigenvalue weighted by atomic mass is 32.1. The van der Waals surface area contributed by atoms with Crippen LogP contribution in [0.3, 0.4) is 0 Å². The van der Waals surface area contributed by atoms with Crippen molar-refractivity contribution >= 4 is 11.3 Å². The number of aliphatic hydroxyl groups excluding tert-OH is 1. The SMILES string of the molecule is CN(C)[C@@H](CNC[C@H](O)c1ccc2c(c1)OCO2)c1ccsc1. The second-order valence-electron chi connectivity index (χ2n) is 5.82. The molecule has 0 saturated carbocycles. The third kappa shape index (κ3) is 3.84. The first kappa shape index (κ1) is 16.3. The Balaban J connectivity index is 1.55. The predicted molar refractivity (Wildman–Crippen MR) is 91.1 cm³/mol. The lowest BCUT2D eigenvalue weighted by atomic mass is 10.1. The van der Waals surface area contributed by atoms with Crippen molar-refractivity contribution in [3.05, 3.63) is 46.2 Å². The molecule has 2 N–H and O–H groups in total. The molecule has 6 heteroatoms. The van der Waals surface area contributed by atoms with Crippen LogP contribution in [-0.4, -0.2) is 44.0 Å². The fourth-order valence-electron chi connectivity index (χ4n) is 2.66. The van der Waals surface area contributed by atoms with Gasteiger partial charge in [-0.25, -0.2) is 0 Å². The summed E-state index contributed by atoms with van der Waals surface area (Å²) in [5.74, 6) is 1.44. The maximum absolute atomic E-state index is 10.4. The van der Waals surface area contributed by atoms with E-state index in [4.69, 9.17) is 9.47 Å². The van der Waals surface area contributed by atoms with Crippen LogP contribution in [-0.2, 0) is 0 Å². The van der Waals surface area contributed by atoms with E-state index in [1.165, 1.54) is 5.56 Å². The Labute approximate surface area is 140 Å². The molecule has 1 aromatic heterocycles. The minimum atomic E-state index is -0.574. The summed E-state index contributed by atoms with van der Waals surface area (Å²) in [6.45, 7) is 1.53. The number of nitrogens with zero attached hydrogens (tertiary/aromatic N) is 1. The summed E-state index contributed by atoms with van der Waals surface area (Å²) in [5, 5.41) is 18.0. The highest BCUT2D eigenvalue weighted by Gasteiger charge is 2.18. The molecule has 0 saturated heterocycles. The van der Waals surface area contributed by atoms with Crippen LogP contribution in [0.4, 0.5) is 0 Å². The van der Waals surface area contributed by atoms with E-state index in [1.807, 2.05) is 18.2 Å². The van der Waals surface area contributed by atoms with E-state index in [1.54, 1.807) is 11.3 Å². The number of hydrogen-bond acceptors (Lipinski definition) is 6. The van der Waals surface area contributed by atoms with Gasteiger partial charge in [0.25, 0.3) is 0 Å². The molecular weight excluding hydrogens is 312 g/mol. The second kappa shape index (κ2) is 7.31. The molecule has 0 fully saturated rings. The monoisotopic (exact) mass is 334 g/mol. The molecule has 124 valence electrons. The summed E-state index contributed by atoms with van der Waals surface area (Å²) in [5.41, 5.74) is 2.13. The Bertz CT molecular complexity index is 631.